The molecule has 5 heterocycles. The first kappa shape index (κ1) is 20.8. The van der Waals surface area contributed by atoms with Gasteiger partial charge in [-0.05, 0) is 18.2 Å². The maximum Gasteiger partial charge on any atom is 0.229 e. The molecule has 10 nitrogen and oxygen atoms in total. The van der Waals surface area contributed by atoms with Crippen LogP contribution in [0.15, 0.2) is 30.6 Å². The second kappa shape index (κ2) is 9.60. The lowest BCUT2D eigenvalue weighted by molar-refractivity contribution is 0.122. The van der Waals surface area contributed by atoms with Gasteiger partial charge in [0, 0.05) is 69.6 Å². The van der Waals surface area contributed by atoms with E-state index in [1.807, 2.05) is 18.3 Å². The van der Waals surface area contributed by atoms with E-state index in [-0.39, 0.29) is 6.61 Å². The van der Waals surface area contributed by atoms with Gasteiger partial charge in [0.25, 0.3) is 0 Å². The van der Waals surface area contributed by atoms with E-state index in [0.717, 1.165) is 67.4 Å². The van der Waals surface area contributed by atoms with Crippen LogP contribution < -0.4 is 20.4 Å². The van der Waals surface area contributed by atoms with Gasteiger partial charge in [0.2, 0.25) is 5.95 Å². The van der Waals surface area contributed by atoms with Crippen LogP contribution in [0.3, 0.4) is 0 Å². The molecule has 0 amide bonds. The van der Waals surface area contributed by atoms with Crippen LogP contribution in [0.4, 0.5) is 23.3 Å². The van der Waals surface area contributed by atoms with Crippen molar-refractivity contribution in [3.05, 3.63) is 36.3 Å². The smallest absolute Gasteiger partial charge is 0.229 e. The Labute approximate surface area is 186 Å². The Morgan fingerprint density at radius 2 is 1.84 bits per heavy atom. The predicted octanol–water partition coefficient (Wildman–Crippen LogP) is 0.944. The second-order valence-corrected chi connectivity index (χ2v) is 7.91. The molecular weight excluding hydrogens is 408 g/mol. The molecule has 2 aliphatic heterocycles. The van der Waals surface area contributed by atoms with Crippen molar-refractivity contribution in [2.45, 2.75) is 6.42 Å². The van der Waals surface area contributed by atoms with Gasteiger partial charge in [0.05, 0.1) is 25.1 Å². The second-order valence-electron chi connectivity index (χ2n) is 7.91. The minimum absolute atomic E-state index is 0.0527. The molecule has 3 aromatic rings. The third kappa shape index (κ3) is 4.57. The van der Waals surface area contributed by atoms with Gasteiger partial charge in [0.1, 0.15) is 11.3 Å². The summed E-state index contributed by atoms with van der Waals surface area (Å²) in [6.07, 6.45) is 4.18. The van der Waals surface area contributed by atoms with Crippen molar-refractivity contribution in [2.75, 3.05) is 74.2 Å². The number of aliphatic hydroxyl groups excluding tert-OH is 1. The molecule has 0 saturated carbocycles. The number of ether oxygens (including phenoxy) is 1. The van der Waals surface area contributed by atoms with E-state index in [1.165, 1.54) is 0 Å². The molecule has 0 spiro atoms. The standard InChI is InChI=1S/C22H28N8O2/c31-10-3-17-13-16-14-25-22(28-20(16)21(26-17)30-8-11-32-12-9-30)27-19-2-1-18(15-24-19)29-6-4-23-5-7-29/h1-2,13-15,23,31H,3-12H2,(H,24,25,27,28). The molecule has 2 saturated heterocycles. The van der Waals surface area contributed by atoms with Crippen molar-refractivity contribution in [1.29, 1.82) is 0 Å². The molecule has 0 aliphatic carbocycles. The summed E-state index contributed by atoms with van der Waals surface area (Å²) in [5, 5.41) is 16.9. The van der Waals surface area contributed by atoms with Gasteiger partial charge in [-0.1, -0.05) is 0 Å². The minimum Gasteiger partial charge on any atom is -0.396 e. The Bertz CT molecular complexity index is 1050. The number of fused-ring (bicyclic) bond motifs is 1. The molecule has 5 rings (SSSR count). The lowest BCUT2D eigenvalue weighted by Crippen LogP contribution is -2.43. The number of aliphatic hydroxyl groups is 1. The lowest BCUT2D eigenvalue weighted by atomic mass is 10.2. The summed E-state index contributed by atoms with van der Waals surface area (Å²) >= 11 is 0. The summed E-state index contributed by atoms with van der Waals surface area (Å²) < 4.78 is 5.50. The summed E-state index contributed by atoms with van der Waals surface area (Å²) in [5.74, 6) is 1.98. The van der Waals surface area contributed by atoms with Gasteiger partial charge in [-0.2, -0.15) is 0 Å². The molecule has 0 radical (unpaired) electrons. The zero-order valence-corrected chi connectivity index (χ0v) is 18.0. The highest BCUT2D eigenvalue weighted by Crippen LogP contribution is 2.26. The molecule has 10 heteroatoms. The number of morpholine rings is 1. The van der Waals surface area contributed by atoms with Crippen molar-refractivity contribution >= 4 is 34.2 Å². The molecule has 32 heavy (non-hydrogen) atoms. The number of piperazine rings is 1. The molecule has 0 unspecified atom stereocenters. The lowest BCUT2D eigenvalue weighted by Gasteiger charge is -2.29. The van der Waals surface area contributed by atoms with Crippen LogP contribution in [0, 0.1) is 0 Å². The Balaban J connectivity index is 1.41. The van der Waals surface area contributed by atoms with E-state index in [4.69, 9.17) is 14.7 Å². The van der Waals surface area contributed by atoms with Crippen LogP contribution in [0.25, 0.3) is 10.9 Å². The molecule has 3 aromatic heterocycles. The Kier molecular flexibility index (Phi) is 6.24. The molecule has 168 valence electrons. The highest BCUT2D eigenvalue weighted by atomic mass is 16.5. The van der Waals surface area contributed by atoms with Crippen molar-refractivity contribution in [3.63, 3.8) is 0 Å². The van der Waals surface area contributed by atoms with Gasteiger partial charge in [-0.25, -0.2) is 19.9 Å². The summed E-state index contributed by atoms with van der Waals surface area (Å²) in [5.41, 5.74) is 2.73. The van der Waals surface area contributed by atoms with Gasteiger partial charge in [-0.3, -0.25) is 0 Å². The Morgan fingerprint density at radius 3 is 2.59 bits per heavy atom. The average molecular weight is 437 g/mol. The van der Waals surface area contributed by atoms with E-state index >= 15 is 0 Å². The monoisotopic (exact) mass is 436 g/mol. The molecule has 3 N–H and O–H groups in total. The summed E-state index contributed by atoms with van der Waals surface area (Å²) in [6, 6.07) is 5.97. The maximum atomic E-state index is 9.38. The van der Waals surface area contributed by atoms with E-state index < -0.39 is 0 Å². The summed E-state index contributed by atoms with van der Waals surface area (Å²) in [6.45, 7) is 6.83. The topological polar surface area (TPSA) is 112 Å². The van der Waals surface area contributed by atoms with Crippen LogP contribution in [0.1, 0.15) is 5.69 Å². The molecule has 2 aliphatic rings. The highest BCUT2D eigenvalue weighted by molar-refractivity contribution is 5.89. The van der Waals surface area contributed by atoms with E-state index in [0.29, 0.717) is 31.4 Å². The highest BCUT2D eigenvalue weighted by Gasteiger charge is 2.18. The fourth-order valence-electron chi connectivity index (χ4n) is 4.06. The summed E-state index contributed by atoms with van der Waals surface area (Å²) in [7, 11) is 0. The van der Waals surface area contributed by atoms with E-state index in [2.05, 4.69) is 36.5 Å². The van der Waals surface area contributed by atoms with E-state index in [9.17, 15) is 5.11 Å². The number of aromatic nitrogens is 4. The first-order valence-corrected chi connectivity index (χ1v) is 11.1. The van der Waals surface area contributed by atoms with E-state index in [1.54, 1.807) is 6.20 Å². The van der Waals surface area contributed by atoms with Crippen molar-refractivity contribution < 1.29 is 9.84 Å². The predicted molar refractivity (Wildman–Crippen MR) is 124 cm³/mol. The number of nitrogens with zero attached hydrogens (tertiary/aromatic N) is 6. The first-order valence-electron chi connectivity index (χ1n) is 11.1. The fraction of sp³-hybridized carbons (Fsp3) is 0.455. The Hall–Kier alpha value is -3.08. The van der Waals surface area contributed by atoms with Gasteiger partial charge in [0.15, 0.2) is 5.82 Å². The van der Waals surface area contributed by atoms with Crippen LogP contribution >= 0.6 is 0 Å². The largest absolute Gasteiger partial charge is 0.396 e. The first-order chi connectivity index (χ1) is 15.8. The number of pyridine rings is 2. The van der Waals surface area contributed by atoms with Crippen LogP contribution in [0.5, 0.6) is 0 Å². The SMILES string of the molecule is OCCc1cc2cnc(Nc3ccc(N4CCNCC4)cn3)nc2c(N2CCOCC2)n1. The van der Waals surface area contributed by atoms with Crippen molar-refractivity contribution in [3.8, 4) is 0 Å². The fourth-order valence-corrected chi connectivity index (χ4v) is 4.06. The Morgan fingerprint density at radius 1 is 1.00 bits per heavy atom. The molecule has 0 aromatic carbocycles. The average Bonchev–Trinajstić information content (AvgIpc) is 2.85. The number of hydrogen-bond donors (Lipinski definition) is 3. The maximum absolute atomic E-state index is 9.38. The zero-order valence-electron chi connectivity index (χ0n) is 18.0. The van der Waals surface area contributed by atoms with Gasteiger partial charge >= 0.3 is 0 Å². The molecule has 0 bridgehead atoms. The number of rotatable bonds is 6. The van der Waals surface area contributed by atoms with Crippen LogP contribution in [0.2, 0.25) is 0 Å². The van der Waals surface area contributed by atoms with Crippen LogP contribution in [-0.4, -0.2) is 84.1 Å². The molecule has 2 fully saturated rings. The van der Waals surface area contributed by atoms with Crippen LogP contribution in [-0.2, 0) is 11.2 Å². The molecular formula is C22H28N8O2. The molecule has 0 atom stereocenters. The minimum atomic E-state index is 0.0527. The number of nitrogens with one attached hydrogen (secondary N) is 2. The number of anilines is 4. The summed E-state index contributed by atoms with van der Waals surface area (Å²) in [4.78, 5) is 23.1. The third-order valence-corrected chi connectivity index (χ3v) is 5.75. The third-order valence-electron chi connectivity index (χ3n) is 5.75. The van der Waals surface area contributed by atoms with Crippen molar-refractivity contribution in [2.24, 2.45) is 0 Å². The normalized spacial score (nSPS) is 17.0. The van der Waals surface area contributed by atoms with Gasteiger partial charge in [-0.15, -0.1) is 0 Å². The zero-order chi connectivity index (χ0) is 21.8. The number of hydrogen-bond acceptors (Lipinski definition) is 10. The van der Waals surface area contributed by atoms with Gasteiger partial charge < -0.3 is 30.3 Å². The van der Waals surface area contributed by atoms with Crippen molar-refractivity contribution in [1.82, 2.24) is 25.3 Å². The quantitative estimate of drug-likeness (QED) is 0.516.